The molecule has 0 bridgehead atoms. The Hall–Kier alpha value is 0.177. The Kier molecular flexibility index (Phi) is 2.53. The van der Waals surface area contributed by atoms with Crippen molar-refractivity contribution in [3.05, 3.63) is 0 Å². The largest absolute Gasteiger partial charge is 0.427 e. The summed E-state index contributed by atoms with van der Waals surface area (Å²) in [5.74, 6) is 0.876. The minimum absolute atomic E-state index is 0.516. The molecule has 2 unspecified atom stereocenters. The maximum absolute atomic E-state index is 5.34. The van der Waals surface area contributed by atoms with Crippen molar-refractivity contribution in [2.75, 3.05) is 6.61 Å². The van der Waals surface area contributed by atoms with Crippen molar-refractivity contribution in [3.8, 4) is 0 Å². The van der Waals surface area contributed by atoms with Crippen molar-refractivity contribution in [1.82, 2.24) is 0 Å². The van der Waals surface area contributed by atoms with Crippen molar-refractivity contribution >= 4 is 10.5 Å². The Morgan fingerprint density at radius 3 is 2.80 bits per heavy atom. The second-order valence-electron chi connectivity index (χ2n) is 3.88. The molecule has 1 rings (SSSR count). The van der Waals surface area contributed by atoms with E-state index in [0.717, 1.165) is 23.0 Å². The minimum atomic E-state index is 0.516. The van der Waals surface area contributed by atoms with Gasteiger partial charge in [0, 0.05) is 6.61 Å². The summed E-state index contributed by atoms with van der Waals surface area (Å²) in [6.45, 7) is 5.72. The van der Waals surface area contributed by atoms with Crippen molar-refractivity contribution in [1.29, 1.82) is 0 Å². The summed E-state index contributed by atoms with van der Waals surface area (Å²) in [6.07, 6.45) is 4.18. The predicted molar refractivity (Wildman–Crippen MR) is 47.0 cm³/mol. The average Bonchev–Trinajstić information content (AvgIpc) is 2.15. The van der Waals surface area contributed by atoms with Gasteiger partial charge >= 0.3 is 0 Å². The van der Waals surface area contributed by atoms with Crippen LogP contribution in [0.3, 0.4) is 0 Å². The highest BCUT2D eigenvalue weighted by atomic mass is 28.2. The molecule has 0 N–H and O–H groups in total. The van der Waals surface area contributed by atoms with E-state index in [4.69, 9.17) is 4.43 Å². The van der Waals surface area contributed by atoms with Crippen LogP contribution in [0.25, 0.3) is 0 Å². The molecule has 0 aromatic carbocycles. The van der Waals surface area contributed by atoms with E-state index in [1.54, 1.807) is 0 Å². The Morgan fingerprint density at radius 2 is 2.40 bits per heavy atom. The van der Waals surface area contributed by atoms with Gasteiger partial charge in [0.1, 0.15) is 10.5 Å². The lowest BCUT2D eigenvalue weighted by Crippen LogP contribution is -2.25. The van der Waals surface area contributed by atoms with Gasteiger partial charge in [0.2, 0.25) is 0 Å². The number of hydrogen-bond acceptors (Lipinski definition) is 1. The highest BCUT2D eigenvalue weighted by molar-refractivity contribution is 5.97. The third-order valence-corrected chi connectivity index (χ3v) is 3.34. The first kappa shape index (κ1) is 8.28. The maximum atomic E-state index is 5.34. The Bertz CT molecular complexity index is 116. The van der Waals surface area contributed by atoms with E-state index in [9.17, 15) is 0 Å². The molecule has 60 valence electrons. The van der Waals surface area contributed by atoms with E-state index < -0.39 is 0 Å². The van der Waals surface area contributed by atoms with E-state index in [2.05, 4.69) is 13.8 Å². The zero-order valence-electron chi connectivity index (χ0n) is 7.31. The van der Waals surface area contributed by atoms with Crippen LogP contribution in [-0.4, -0.2) is 17.1 Å². The monoisotopic (exact) mass is 158 g/mol. The number of hydrogen-bond donors (Lipinski definition) is 0. The van der Waals surface area contributed by atoms with Crippen LogP contribution < -0.4 is 0 Å². The molecule has 1 aliphatic rings. The molecule has 2 heteroatoms. The molecule has 0 radical (unpaired) electrons. The van der Waals surface area contributed by atoms with Gasteiger partial charge in [-0.2, -0.15) is 0 Å². The van der Waals surface area contributed by atoms with Gasteiger partial charge in [-0.3, -0.25) is 0 Å². The Morgan fingerprint density at radius 1 is 1.70 bits per heavy atom. The van der Waals surface area contributed by atoms with Crippen LogP contribution in [0.15, 0.2) is 0 Å². The molecule has 0 aliphatic heterocycles. The zero-order chi connectivity index (χ0) is 7.61. The molecule has 0 amide bonds. The summed E-state index contributed by atoms with van der Waals surface area (Å²) >= 11 is 0. The van der Waals surface area contributed by atoms with Crippen LogP contribution in [0.2, 0.25) is 0 Å². The summed E-state index contributed by atoms with van der Waals surface area (Å²) < 4.78 is 5.34. The molecule has 0 aromatic heterocycles. The quantitative estimate of drug-likeness (QED) is 0.547. The van der Waals surface area contributed by atoms with Crippen molar-refractivity contribution in [2.24, 2.45) is 11.3 Å². The molecule has 1 fully saturated rings. The molecule has 0 saturated heterocycles. The summed E-state index contributed by atoms with van der Waals surface area (Å²) in [6, 6.07) is 0. The van der Waals surface area contributed by atoms with Crippen LogP contribution in [0.4, 0.5) is 0 Å². The molecule has 2 atom stereocenters. The molecule has 1 saturated carbocycles. The molecular formula is C8H18OSi. The maximum Gasteiger partial charge on any atom is 0.145 e. The zero-order valence-corrected chi connectivity index (χ0v) is 9.31. The van der Waals surface area contributed by atoms with Crippen LogP contribution in [0, 0.1) is 11.3 Å². The first-order valence-electron chi connectivity index (χ1n) is 4.18. The van der Waals surface area contributed by atoms with E-state index in [-0.39, 0.29) is 0 Å². The molecule has 0 spiro atoms. The van der Waals surface area contributed by atoms with Crippen LogP contribution >= 0.6 is 0 Å². The van der Waals surface area contributed by atoms with Crippen molar-refractivity contribution < 1.29 is 4.43 Å². The fourth-order valence-electron chi connectivity index (χ4n) is 1.95. The third-order valence-electron chi connectivity index (χ3n) is 3.05. The first-order valence-corrected chi connectivity index (χ1v) is 4.99. The lowest BCUT2D eigenvalue weighted by atomic mass is 9.82. The summed E-state index contributed by atoms with van der Waals surface area (Å²) in [4.78, 5) is 0. The average molecular weight is 158 g/mol. The molecule has 1 aliphatic carbocycles. The van der Waals surface area contributed by atoms with Crippen LogP contribution in [0.5, 0.6) is 0 Å². The normalized spacial score (nSPS) is 40.8. The van der Waals surface area contributed by atoms with Gasteiger partial charge in [-0.1, -0.05) is 26.7 Å². The SMILES string of the molecule is CC1CCCC1(C)CO[SiH3]. The van der Waals surface area contributed by atoms with Gasteiger partial charge in [-0.25, -0.2) is 0 Å². The van der Waals surface area contributed by atoms with Crippen LogP contribution in [0.1, 0.15) is 33.1 Å². The minimum Gasteiger partial charge on any atom is -0.427 e. The molecule has 10 heavy (non-hydrogen) atoms. The van der Waals surface area contributed by atoms with Crippen molar-refractivity contribution in [2.45, 2.75) is 33.1 Å². The van der Waals surface area contributed by atoms with E-state index in [1.165, 1.54) is 19.3 Å². The van der Waals surface area contributed by atoms with Crippen molar-refractivity contribution in [3.63, 3.8) is 0 Å². The van der Waals surface area contributed by atoms with E-state index in [1.807, 2.05) is 0 Å². The topological polar surface area (TPSA) is 9.23 Å². The van der Waals surface area contributed by atoms with Gasteiger partial charge in [-0.05, 0) is 17.8 Å². The van der Waals surface area contributed by atoms with Gasteiger partial charge in [0.05, 0.1) is 0 Å². The summed E-state index contributed by atoms with van der Waals surface area (Å²) in [5.41, 5.74) is 0.516. The highest BCUT2D eigenvalue weighted by Gasteiger charge is 2.35. The van der Waals surface area contributed by atoms with E-state index >= 15 is 0 Å². The van der Waals surface area contributed by atoms with Gasteiger partial charge in [-0.15, -0.1) is 0 Å². The van der Waals surface area contributed by atoms with Gasteiger partial charge < -0.3 is 4.43 Å². The molecule has 0 heterocycles. The Balaban J connectivity index is 2.48. The predicted octanol–water partition coefficient (Wildman–Crippen LogP) is 1.11. The van der Waals surface area contributed by atoms with Gasteiger partial charge in [0.25, 0.3) is 0 Å². The lowest BCUT2D eigenvalue weighted by molar-refractivity contribution is 0.135. The highest BCUT2D eigenvalue weighted by Crippen LogP contribution is 2.42. The molecule has 0 aromatic rings. The lowest BCUT2D eigenvalue weighted by Gasteiger charge is -2.28. The standard InChI is InChI=1S/C8H18OSi/c1-7-4-3-5-8(7,2)6-9-10/h7H,3-6H2,1-2,10H3. The summed E-state index contributed by atoms with van der Waals surface area (Å²) in [5, 5.41) is 0. The number of rotatable bonds is 2. The second kappa shape index (κ2) is 3.05. The van der Waals surface area contributed by atoms with E-state index in [0.29, 0.717) is 5.41 Å². The first-order chi connectivity index (χ1) is 4.69. The molecule has 1 nitrogen and oxygen atoms in total. The van der Waals surface area contributed by atoms with Gasteiger partial charge in [0.15, 0.2) is 0 Å². The second-order valence-corrected chi connectivity index (χ2v) is 4.46. The van der Waals surface area contributed by atoms with Crippen LogP contribution in [-0.2, 0) is 4.43 Å². The fraction of sp³-hybridized carbons (Fsp3) is 1.00. The third kappa shape index (κ3) is 1.43. The fourth-order valence-corrected chi connectivity index (χ4v) is 2.61. The molecular weight excluding hydrogens is 140 g/mol. The smallest absolute Gasteiger partial charge is 0.145 e. The summed E-state index contributed by atoms with van der Waals surface area (Å²) in [7, 11) is 0.898. The Labute approximate surface area is 66.7 Å².